The zero-order valence-corrected chi connectivity index (χ0v) is 16.8. The fourth-order valence-electron chi connectivity index (χ4n) is 3.72. The van der Waals surface area contributed by atoms with E-state index in [2.05, 4.69) is 20.6 Å². The fourth-order valence-corrected chi connectivity index (χ4v) is 3.72. The highest BCUT2D eigenvalue weighted by molar-refractivity contribution is 5.92. The number of alkyl halides is 1. The van der Waals surface area contributed by atoms with Gasteiger partial charge in [0.25, 0.3) is 0 Å². The van der Waals surface area contributed by atoms with Gasteiger partial charge in [-0.2, -0.15) is 10.2 Å². The van der Waals surface area contributed by atoms with E-state index in [1.807, 2.05) is 29.9 Å². The molecule has 1 atom stereocenters. The van der Waals surface area contributed by atoms with Gasteiger partial charge in [0.2, 0.25) is 12.2 Å². The topological polar surface area (TPSA) is 77.6 Å². The number of carbonyl (C=O) groups is 1. The van der Waals surface area contributed by atoms with Gasteiger partial charge in [0.15, 0.2) is 5.82 Å². The van der Waals surface area contributed by atoms with Crippen LogP contribution in [0.3, 0.4) is 0 Å². The highest BCUT2D eigenvalue weighted by atomic mass is 19.1. The standard InChI is InChI=1S/C22H20F2N6O/c1-29-18-9-6-13(10-16(18)21(28-29)14-7-8-14)11-20(31)26-19-12-25-30(27-19)22(24)15-4-2-3-5-17(15)23/h2-6,9-10,12,14,22H,7-8,11H2,1H3,(H,26,27,31). The van der Waals surface area contributed by atoms with E-state index >= 15 is 0 Å². The van der Waals surface area contributed by atoms with E-state index in [-0.39, 0.29) is 23.7 Å². The molecule has 1 unspecified atom stereocenters. The van der Waals surface area contributed by atoms with Gasteiger partial charge in [-0.3, -0.25) is 9.48 Å². The Labute approximate surface area is 176 Å². The zero-order valence-electron chi connectivity index (χ0n) is 16.8. The summed E-state index contributed by atoms with van der Waals surface area (Å²) in [6.45, 7) is 0. The second kappa shape index (κ2) is 7.57. The number of anilines is 1. The molecular weight excluding hydrogens is 402 g/mol. The van der Waals surface area contributed by atoms with Crippen molar-refractivity contribution in [1.82, 2.24) is 24.8 Å². The van der Waals surface area contributed by atoms with E-state index in [4.69, 9.17) is 0 Å². The average Bonchev–Trinajstić information content (AvgIpc) is 3.41. The molecule has 9 heteroatoms. The van der Waals surface area contributed by atoms with E-state index in [0.717, 1.165) is 39.8 Å². The predicted molar refractivity (Wildman–Crippen MR) is 111 cm³/mol. The molecule has 7 nitrogen and oxygen atoms in total. The molecular formula is C22H20F2N6O. The van der Waals surface area contributed by atoms with Gasteiger partial charge in [-0.15, -0.1) is 9.90 Å². The van der Waals surface area contributed by atoms with Crippen molar-refractivity contribution in [2.75, 3.05) is 5.32 Å². The number of hydrogen-bond donors (Lipinski definition) is 1. The summed E-state index contributed by atoms with van der Waals surface area (Å²) in [6.07, 6.45) is 1.78. The van der Waals surface area contributed by atoms with Crippen molar-refractivity contribution >= 4 is 22.6 Å². The van der Waals surface area contributed by atoms with Crippen LogP contribution in [0.2, 0.25) is 0 Å². The van der Waals surface area contributed by atoms with Crippen molar-refractivity contribution in [3.8, 4) is 0 Å². The van der Waals surface area contributed by atoms with Gasteiger partial charge in [-0.05, 0) is 36.6 Å². The van der Waals surface area contributed by atoms with Gasteiger partial charge in [-0.1, -0.05) is 24.3 Å². The van der Waals surface area contributed by atoms with Crippen molar-refractivity contribution in [1.29, 1.82) is 0 Å². The first kappa shape index (κ1) is 19.3. The maximum atomic E-state index is 14.6. The Balaban J connectivity index is 1.29. The third kappa shape index (κ3) is 3.78. The van der Waals surface area contributed by atoms with Crippen molar-refractivity contribution in [2.24, 2.45) is 7.05 Å². The van der Waals surface area contributed by atoms with E-state index in [1.165, 1.54) is 30.5 Å². The lowest BCUT2D eigenvalue weighted by atomic mass is 10.1. The second-order valence-corrected chi connectivity index (χ2v) is 7.77. The van der Waals surface area contributed by atoms with E-state index in [0.29, 0.717) is 5.92 Å². The Morgan fingerprint density at radius 1 is 1.23 bits per heavy atom. The molecule has 2 aromatic carbocycles. The zero-order chi connectivity index (χ0) is 21.5. The molecule has 2 aromatic heterocycles. The minimum atomic E-state index is -1.89. The van der Waals surface area contributed by atoms with Crippen LogP contribution in [-0.2, 0) is 18.3 Å². The molecule has 1 aliphatic rings. The highest BCUT2D eigenvalue weighted by Gasteiger charge is 2.28. The molecule has 1 aliphatic carbocycles. The number of aromatic nitrogens is 5. The van der Waals surface area contributed by atoms with E-state index in [1.54, 1.807) is 0 Å². The quantitative estimate of drug-likeness (QED) is 0.512. The van der Waals surface area contributed by atoms with Crippen LogP contribution in [0.1, 0.15) is 41.9 Å². The van der Waals surface area contributed by atoms with Crippen molar-refractivity contribution in [2.45, 2.75) is 31.5 Å². The molecule has 1 amide bonds. The van der Waals surface area contributed by atoms with Crippen molar-refractivity contribution in [3.63, 3.8) is 0 Å². The minimum Gasteiger partial charge on any atom is -0.308 e. The van der Waals surface area contributed by atoms with Gasteiger partial charge >= 0.3 is 0 Å². The van der Waals surface area contributed by atoms with Crippen LogP contribution in [0.15, 0.2) is 48.7 Å². The van der Waals surface area contributed by atoms with Crippen LogP contribution in [-0.4, -0.2) is 30.7 Å². The van der Waals surface area contributed by atoms with Crippen LogP contribution in [0.4, 0.5) is 14.6 Å². The first-order valence-electron chi connectivity index (χ1n) is 10.1. The van der Waals surface area contributed by atoms with Crippen LogP contribution in [0.5, 0.6) is 0 Å². The molecule has 1 saturated carbocycles. The summed E-state index contributed by atoms with van der Waals surface area (Å²) in [5, 5.41) is 16.1. The summed E-state index contributed by atoms with van der Waals surface area (Å²) in [5.74, 6) is -0.380. The van der Waals surface area contributed by atoms with Gasteiger partial charge < -0.3 is 5.32 Å². The highest BCUT2D eigenvalue weighted by Crippen LogP contribution is 2.42. The summed E-state index contributed by atoms with van der Waals surface area (Å²) in [7, 11) is 1.92. The molecule has 31 heavy (non-hydrogen) atoms. The molecule has 0 saturated heterocycles. The minimum absolute atomic E-state index is 0.102. The predicted octanol–water partition coefficient (Wildman–Crippen LogP) is 3.88. The third-order valence-electron chi connectivity index (χ3n) is 5.41. The number of halogens is 2. The van der Waals surface area contributed by atoms with Crippen LogP contribution in [0, 0.1) is 5.82 Å². The molecule has 1 fully saturated rings. The Hall–Kier alpha value is -3.62. The third-order valence-corrected chi connectivity index (χ3v) is 5.41. The summed E-state index contributed by atoms with van der Waals surface area (Å²) >= 11 is 0. The fraction of sp³-hybridized carbons (Fsp3) is 0.273. The first-order chi connectivity index (χ1) is 15.0. The Kier molecular flexibility index (Phi) is 4.72. The normalized spacial score (nSPS) is 14.7. The smallest absolute Gasteiger partial charge is 0.238 e. The lowest BCUT2D eigenvalue weighted by molar-refractivity contribution is -0.115. The number of nitrogens with zero attached hydrogens (tertiary/aromatic N) is 5. The van der Waals surface area contributed by atoms with Crippen molar-refractivity contribution in [3.05, 3.63) is 71.3 Å². The van der Waals surface area contributed by atoms with Crippen LogP contribution in [0.25, 0.3) is 10.9 Å². The molecule has 0 spiro atoms. The van der Waals surface area contributed by atoms with Crippen molar-refractivity contribution < 1.29 is 13.6 Å². The molecule has 0 aliphatic heterocycles. The molecule has 1 N–H and O–H groups in total. The number of carbonyl (C=O) groups excluding carboxylic acids is 1. The van der Waals surface area contributed by atoms with E-state index in [9.17, 15) is 13.6 Å². The summed E-state index contributed by atoms with van der Waals surface area (Å²) in [4.78, 5) is 13.2. The maximum absolute atomic E-state index is 14.6. The maximum Gasteiger partial charge on any atom is 0.238 e. The SMILES string of the molecule is Cn1nc(C2CC2)c2cc(CC(=O)Nc3cnn(C(F)c4ccccc4F)n3)ccc21. The summed E-state index contributed by atoms with van der Waals surface area (Å²) in [6, 6.07) is 11.4. The van der Waals surface area contributed by atoms with Gasteiger partial charge in [-0.25, -0.2) is 8.78 Å². The first-order valence-corrected chi connectivity index (χ1v) is 10.1. The Bertz CT molecular complexity index is 1280. The number of aryl methyl sites for hydroxylation is 1. The molecule has 0 radical (unpaired) electrons. The number of hydrogen-bond acceptors (Lipinski definition) is 4. The Morgan fingerprint density at radius 3 is 2.81 bits per heavy atom. The Morgan fingerprint density at radius 2 is 2.03 bits per heavy atom. The summed E-state index contributed by atoms with van der Waals surface area (Å²) < 4.78 is 30.2. The van der Waals surface area contributed by atoms with Crippen LogP contribution >= 0.6 is 0 Å². The monoisotopic (exact) mass is 422 g/mol. The van der Waals surface area contributed by atoms with Gasteiger partial charge in [0, 0.05) is 23.9 Å². The molecule has 5 rings (SSSR count). The number of fused-ring (bicyclic) bond motifs is 1. The van der Waals surface area contributed by atoms with Gasteiger partial charge in [0.1, 0.15) is 5.82 Å². The molecule has 158 valence electrons. The van der Waals surface area contributed by atoms with Gasteiger partial charge in [0.05, 0.1) is 23.8 Å². The lowest BCUT2D eigenvalue weighted by Crippen LogP contribution is -2.16. The molecule has 4 aromatic rings. The number of nitrogens with one attached hydrogen (secondary N) is 1. The molecule has 2 heterocycles. The lowest BCUT2D eigenvalue weighted by Gasteiger charge is -2.08. The number of benzene rings is 2. The largest absolute Gasteiger partial charge is 0.308 e. The number of rotatable bonds is 6. The average molecular weight is 422 g/mol. The molecule has 0 bridgehead atoms. The van der Waals surface area contributed by atoms with Crippen LogP contribution < -0.4 is 5.32 Å². The second-order valence-electron chi connectivity index (χ2n) is 7.77. The van der Waals surface area contributed by atoms with E-state index < -0.39 is 12.1 Å². The summed E-state index contributed by atoms with van der Waals surface area (Å²) in [5.41, 5.74) is 2.80. The number of amides is 1.